The van der Waals surface area contributed by atoms with Gasteiger partial charge in [-0.3, -0.25) is 0 Å². The first-order valence-electron chi connectivity index (χ1n) is 5.46. The maximum absolute atomic E-state index is 13.2. The molecule has 0 aliphatic heterocycles. The lowest BCUT2D eigenvalue weighted by Crippen LogP contribution is -2.17. The van der Waals surface area contributed by atoms with Gasteiger partial charge >= 0.3 is 6.18 Å². The molecule has 1 N–H and O–H groups in total. The number of hydrogen-bond acceptors (Lipinski definition) is 1. The zero-order valence-electron chi connectivity index (χ0n) is 9.52. The Morgan fingerprint density at radius 2 is 1.88 bits per heavy atom. The van der Waals surface area contributed by atoms with Gasteiger partial charge in [-0.1, -0.05) is 12.1 Å². The minimum Gasteiger partial charge on any atom is -0.380 e. The predicted octanol–water partition coefficient (Wildman–Crippen LogP) is 4.36. The Kier molecular flexibility index (Phi) is 4.78. The van der Waals surface area contributed by atoms with Gasteiger partial charge in [0.05, 0.1) is 5.69 Å². The van der Waals surface area contributed by atoms with Crippen molar-refractivity contribution in [3.8, 4) is 0 Å². The molecule has 0 aliphatic carbocycles. The molecule has 0 spiro atoms. The molecule has 1 aromatic carbocycles. The second kappa shape index (κ2) is 5.89. The maximum Gasteiger partial charge on any atom is 0.389 e. The van der Waals surface area contributed by atoms with Gasteiger partial charge in [0.15, 0.2) is 0 Å². The Balaban J connectivity index is 2.35. The molecule has 1 rings (SSSR count). The molecule has 0 bridgehead atoms. The van der Waals surface area contributed by atoms with Crippen LogP contribution in [0.15, 0.2) is 24.3 Å². The Morgan fingerprint density at radius 1 is 1.24 bits per heavy atom. The van der Waals surface area contributed by atoms with E-state index in [0.717, 1.165) is 0 Å². The number of alkyl halides is 3. The molecule has 0 heterocycles. The molecular weight excluding hydrogens is 234 g/mol. The van der Waals surface area contributed by atoms with Crippen molar-refractivity contribution in [2.24, 2.45) is 0 Å². The van der Waals surface area contributed by atoms with E-state index >= 15 is 0 Å². The van der Waals surface area contributed by atoms with Crippen LogP contribution >= 0.6 is 0 Å². The second-order valence-corrected chi connectivity index (χ2v) is 4.03. The lowest BCUT2D eigenvalue weighted by atomic mass is 10.1. The summed E-state index contributed by atoms with van der Waals surface area (Å²) in [5.74, 6) is -0.393. The minimum atomic E-state index is -4.11. The fraction of sp³-hybridized carbons (Fsp3) is 0.500. The first-order valence-corrected chi connectivity index (χ1v) is 5.46. The zero-order valence-corrected chi connectivity index (χ0v) is 9.52. The van der Waals surface area contributed by atoms with E-state index in [1.54, 1.807) is 25.1 Å². The standard InChI is InChI=1S/C12H15F4N/c1-9(5-4-8-12(14,15)16)17-11-7-3-2-6-10(11)13/h2-3,6-7,9,17H,4-5,8H2,1H3. The number of para-hydroxylation sites is 1. The Hall–Kier alpha value is -1.26. The number of hydrogen-bond donors (Lipinski definition) is 1. The lowest BCUT2D eigenvalue weighted by molar-refractivity contribution is -0.135. The molecule has 0 radical (unpaired) electrons. The molecule has 1 aromatic rings. The van der Waals surface area contributed by atoms with Crippen LogP contribution in [-0.2, 0) is 0 Å². The molecule has 17 heavy (non-hydrogen) atoms. The molecule has 5 heteroatoms. The van der Waals surface area contributed by atoms with E-state index in [0.29, 0.717) is 12.1 Å². The van der Waals surface area contributed by atoms with Crippen molar-refractivity contribution in [3.05, 3.63) is 30.1 Å². The Labute approximate surface area is 97.8 Å². The molecule has 1 atom stereocenters. The van der Waals surface area contributed by atoms with E-state index in [-0.39, 0.29) is 12.5 Å². The monoisotopic (exact) mass is 249 g/mol. The van der Waals surface area contributed by atoms with Crippen LogP contribution in [0.2, 0.25) is 0 Å². The van der Waals surface area contributed by atoms with Gasteiger partial charge in [0, 0.05) is 12.5 Å². The quantitative estimate of drug-likeness (QED) is 0.764. The number of anilines is 1. The number of nitrogens with one attached hydrogen (secondary N) is 1. The molecule has 0 aromatic heterocycles. The van der Waals surface area contributed by atoms with Crippen LogP contribution in [-0.4, -0.2) is 12.2 Å². The molecule has 1 nitrogen and oxygen atoms in total. The summed E-state index contributed by atoms with van der Waals surface area (Å²) in [4.78, 5) is 0. The van der Waals surface area contributed by atoms with Crippen molar-refractivity contribution < 1.29 is 17.6 Å². The highest BCUT2D eigenvalue weighted by Gasteiger charge is 2.26. The minimum absolute atomic E-state index is 0.0477. The van der Waals surface area contributed by atoms with Crippen LogP contribution in [0.3, 0.4) is 0 Å². The van der Waals surface area contributed by atoms with Gasteiger partial charge in [0.1, 0.15) is 5.82 Å². The SMILES string of the molecule is CC(CCCC(F)(F)F)Nc1ccccc1F. The fourth-order valence-corrected chi connectivity index (χ4v) is 1.52. The van der Waals surface area contributed by atoms with E-state index in [2.05, 4.69) is 5.32 Å². The summed E-state index contributed by atoms with van der Waals surface area (Å²) in [5.41, 5.74) is 0.326. The molecule has 0 aliphatic rings. The smallest absolute Gasteiger partial charge is 0.380 e. The molecule has 0 fully saturated rings. The van der Waals surface area contributed by atoms with Crippen molar-refractivity contribution in [1.82, 2.24) is 0 Å². The lowest BCUT2D eigenvalue weighted by Gasteiger charge is -2.16. The largest absolute Gasteiger partial charge is 0.389 e. The van der Waals surface area contributed by atoms with Gasteiger partial charge in [-0.15, -0.1) is 0 Å². The third-order valence-electron chi connectivity index (χ3n) is 2.37. The van der Waals surface area contributed by atoms with Gasteiger partial charge in [-0.05, 0) is 31.9 Å². The summed E-state index contributed by atoms with van der Waals surface area (Å²) < 4.78 is 49.0. The fourth-order valence-electron chi connectivity index (χ4n) is 1.52. The van der Waals surface area contributed by atoms with Crippen molar-refractivity contribution in [2.45, 2.75) is 38.4 Å². The van der Waals surface area contributed by atoms with Crippen LogP contribution < -0.4 is 5.32 Å². The van der Waals surface area contributed by atoms with Crippen LogP contribution in [0.4, 0.5) is 23.2 Å². The van der Waals surface area contributed by atoms with Gasteiger partial charge in [-0.25, -0.2) is 4.39 Å². The van der Waals surface area contributed by atoms with Crippen molar-refractivity contribution >= 4 is 5.69 Å². The van der Waals surface area contributed by atoms with Crippen molar-refractivity contribution in [1.29, 1.82) is 0 Å². The summed E-state index contributed by atoms with van der Waals surface area (Å²) in [6.07, 6.45) is -4.51. The van der Waals surface area contributed by atoms with Gasteiger partial charge in [0.2, 0.25) is 0 Å². The summed E-state index contributed by atoms with van der Waals surface area (Å²) in [6, 6.07) is 5.93. The number of benzene rings is 1. The highest BCUT2D eigenvalue weighted by molar-refractivity contribution is 5.44. The van der Waals surface area contributed by atoms with E-state index < -0.39 is 18.4 Å². The maximum atomic E-state index is 13.2. The molecule has 0 amide bonds. The Bertz CT molecular complexity index is 349. The topological polar surface area (TPSA) is 12.0 Å². The van der Waals surface area contributed by atoms with Crippen LogP contribution in [0.25, 0.3) is 0 Å². The summed E-state index contributed by atoms with van der Waals surface area (Å²) >= 11 is 0. The van der Waals surface area contributed by atoms with E-state index in [1.807, 2.05) is 0 Å². The first-order chi connectivity index (χ1) is 7.88. The third-order valence-corrected chi connectivity index (χ3v) is 2.37. The highest BCUT2D eigenvalue weighted by atomic mass is 19.4. The second-order valence-electron chi connectivity index (χ2n) is 4.03. The zero-order chi connectivity index (χ0) is 12.9. The molecule has 0 saturated carbocycles. The van der Waals surface area contributed by atoms with Gasteiger partial charge in [0.25, 0.3) is 0 Å². The summed E-state index contributed by atoms with van der Waals surface area (Å²) in [5, 5.41) is 2.85. The third kappa shape index (κ3) is 5.56. The molecular formula is C12H15F4N. The predicted molar refractivity (Wildman–Crippen MR) is 59.4 cm³/mol. The van der Waals surface area contributed by atoms with Crippen molar-refractivity contribution in [2.75, 3.05) is 5.32 Å². The normalized spacial score (nSPS) is 13.5. The van der Waals surface area contributed by atoms with E-state index in [1.165, 1.54) is 6.07 Å². The van der Waals surface area contributed by atoms with Crippen LogP contribution in [0.1, 0.15) is 26.2 Å². The van der Waals surface area contributed by atoms with Gasteiger partial charge in [-0.2, -0.15) is 13.2 Å². The first kappa shape index (κ1) is 13.8. The van der Waals surface area contributed by atoms with E-state index in [9.17, 15) is 17.6 Å². The average Bonchev–Trinajstić information content (AvgIpc) is 2.19. The molecule has 0 saturated heterocycles. The van der Waals surface area contributed by atoms with Crippen LogP contribution in [0.5, 0.6) is 0 Å². The average molecular weight is 249 g/mol. The van der Waals surface area contributed by atoms with Crippen LogP contribution in [0, 0.1) is 5.82 Å². The molecule has 96 valence electrons. The van der Waals surface area contributed by atoms with E-state index in [4.69, 9.17) is 0 Å². The van der Waals surface area contributed by atoms with Gasteiger partial charge < -0.3 is 5.32 Å². The highest BCUT2D eigenvalue weighted by Crippen LogP contribution is 2.23. The Morgan fingerprint density at radius 3 is 2.47 bits per heavy atom. The summed E-state index contributed by atoms with van der Waals surface area (Å²) in [6.45, 7) is 1.74. The molecule has 1 unspecified atom stereocenters. The van der Waals surface area contributed by atoms with Crippen molar-refractivity contribution in [3.63, 3.8) is 0 Å². The number of rotatable bonds is 5. The summed E-state index contributed by atoms with van der Waals surface area (Å²) in [7, 11) is 0. The number of halogens is 4.